The van der Waals surface area contributed by atoms with Crippen LogP contribution in [0.1, 0.15) is 29.6 Å². The van der Waals surface area contributed by atoms with E-state index in [-0.39, 0.29) is 11.3 Å². The first-order valence-electron chi connectivity index (χ1n) is 6.38. The van der Waals surface area contributed by atoms with Gasteiger partial charge in [0.05, 0.1) is 0 Å². The van der Waals surface area contributed by atoms with Crippen molar-refractivity contribution in [2.24, 2.45) is 5.41 Å². The van der Waals surface area contributed by atoms with Gasteiger partial charge in [-0.3, -0.25) is 4.79 Å². The van der Waals surface area contributed by atoms with Crippen molar-refractivity contribution < 1.29 is 9.53 Å². The molecule has 0 unspecified atom stereocenters. The molecular formula is C14H19BrN2O2. The summed E-state index contributed by atoms with van der Waals surface area (Å²) in [4.78, 5) is 12.1. The van der Waals surface area contributed by atoms with Crippen LogP contribution in [0.25, 0.3) is 0 Å². The highest BCUT2D eigenvalue weighted by atomic mass is 79.9. The lowest BCUT2D eigenvalue weighted by atomic mass is 10.0. The number of halogens is 1. The second-order valence-electron chi connectivity index (χ2n) is 5.16. The highest BCUT2D eigenvalue weighted by Crippen LogP contribution is 2.48. The predicted molar refractivity (Wildman–Crippen MR) is 79.0 cm³/mol. The van der Waals surface area contributed by atoms with E-state index in [2.05, 4.69) is 21.2 Å². The molecule has 104 valence electrons. The zero-order valence-electron chi connectivity index (χ0n) is 11.0. The summed E-state index contributed by atoms with van der Waals surface area (Å²) in [6.07, 6.45) is 3.35. The molecule has 1 amide bonds. The Labute approximate surface area is 121 Å². The zero-order valence-corrected chi connectivity index (χ0v) is 12.6. The number of anilines is 1. The smallest absolute Gasteiger partial charge is 0.251 e. The van der Waals surface area contributed by atoms with Crippen molar-refractivity contribution >= 4 is 27.5 Å². The first-order valence-corrected chi connectivity index (χ1v) is 7.18. The van der Waals surface area contributed by atoms with Gasteiger partial charge in [0, 0.05) is 36.0 Å². The van der Waals surface area contributed by atoms with Gasteiger partial charge in [0.1, 0.15) is 0 Å². The summed E-state index contributed by atoms with van der Waals surface area (Å²) in [6, 6.07) is 5.22. The third-order valence-electron chi connectivity index (χ3n) is 3.68. The van der Waals surface area contributed by atoms with E-state index in [1.54, 1.807) is 25.3 Å². The average Bonchev–Trinajstić information content (AvgIpc) is 3.17. The minimum absolute atomic E-state index is 0.0515. The summed E-state index contributed by atoms with van der Waals surface area (Å²) >= 11 is 3.33. The van der Waals surface area contributed by atoms with Crippen LogP contribution in [0, 0.1) is 5.41 Å². The fraction of sp³-hybridized carbons (Fsp3) is 0.500. The van der Waals surface area contributed by atoms with Crippen LogP contribution < -0.4 is 11.1 Å². The first kappa shape index (κ1) is 14.3. The SMILES string of the molecule is COCCC1(CNC(=O)c2ccc(N)c(Br)c2)CC1. The number of ether oxygens (including phenoxy) is 1. The standard InChI is InChI=1S/C14H19BrN2O2/c1-19-7-6-14(4-5-14)9-17-13(18)10-2-3-12(16)11(15)8-10/h2-3,8H,4-7,9,16H2,1H3,(H,17,18). The van der Waals surface area contributed by atoms with Gasteiger partial charge in [-0.2, -0.15) is 0 Å². The molecule has 0 saturated heterocycles. The van der Waals surface area contributed by atoms with Crippen LogP contribution in [0.15, 0.2) is 22.7 Å². The molecule has 1 aliphatic rings. The van der Waals surface area contributed by atoms with E-state index in [1.165, 1.54) is 12.8 Å². The fourth-order valence-corrected chi connectivity index (χ4v) is 2.43. The van der Waals surface area contributed by atoms with E-state index in [0.717, 1.165) is 24.0 Å². The number of amides is 1. The predicted octanol–water partition coefficient (Wildman–Crippen LogP) is 2.58. The Bertz CT molecular complexity index is 473. The monoisotopic (exact) mass is 326 g/mol. The quantitative estimate of drug-likeness (QED) is 0.790. The summed E-state index contributed by atoms with van der Waals surface area (Å²) in [7, 11) is 1.71. The maximum Gasteiger partial charge on any atom is 0.251 e. The number of nitrogen functional groups attached to an aromatic ring is 1. The summed E-state index contributed by atoms with van der Waals surface area (Å²) in [6.45, 7) is 1.47. The molecule has 3 N–H and O–H groups in total. The minimum Gasteiger partial charge on any atom is -0.398 e. The highest BCUT2D eigenvalue weighted by Gasteiger charge is 2.42. The number of carbonyl (C=O) groups excluding carboxylic acids is 1. The molecule has 1 saturated carbocycles. The van der Waals surface area contributed by atoms with Crippen molar-refractivity contribution in [2.75, 3.05) is 26.0 Å². The topological polar surface area (TPSA) is 64.3 Å². The third-order valence-corrected chi connectivity index (χ3v) is 4.37. The van der Waals surface area contributed by atoms with Crippen LogP contribution >= 0.6 is 15.9 Å². The number of nitrogens with one attached hydrogen (secondary N) is 1. The van der Waals surface area contributed by atoms with Crippen molar-refractivity contribution in [3.05, 3.63) is 28.2 Å². The Hall–Kier alpha value is -1.07. The van der Waals surface area contributed by atoms with Crippen LogP contribution in [-0.4, -0.2) is 26.2 Å². The van der Waals surface area contributed by atoms with Gasteiger partial charge >= 0.3 is 0 Å². The van der Waals surface area contributed by atoms with Gasteiger partial charge in [-0.25, -0.2) is 0 Å². The molecule has 1 fully saturated rings. The molecule has 0 atom stereocenters. The summed E-state index contributed by atoms with van der Waals surface area (Å²) in [5.74, 6) is -0.0515. The van der Waals surface area contributed by atoms with E-state index in [9.17, 15) is 4.79 Å². The van der Waals surface area contributed by atoms with E-state index in [0.29, 0.717) is 11.3 Å². The molecule has 2 rings (SSSR count). The van der Waals surface area contributed by atoms with E-state index >= 15 is 0 Å². The molecule has 4 nitrogen and oxygen atoms in total. The van der Waals surface area contributed by atoms with Crippen LogP contribution in [0.5, 0.6) is 0 Å². The van der Waals surface area contributed by atoms with Gasteiger partial charge in [-0.15, -0.1) is 0 Å². The van der Waals surface area contributed by atoms with Crippen LogP contribution in [0.4, 0.5) is 5.69 Å². The molecule has 0 radical (unpaired) electrons. The van der Waals surface area contributed by atoms with Crippen LogP contribution in [0.3, 0.4) is 0 Å². The summed E-state index contributed by atoms with van der Waals surface area (Å²) in [5.41, 5.74) is 7.23. The van der Waals surface area contributed by atoms with Gasteiger partial charge in [0.15, 0.2) is 0 Å². The van der Waals surface area contributed by atoms with Crippen molar-refractivity contribution in [3.8, 4) is 0 Å². The molecular weight excluding hydrogens is 308 g/mol. The largest absolute Gasteiger partial charge is 0.398 e. The van der Waals surface area contributed by atoms with Crippen molar-refractivity contribution in [3.63, 3.8) is 0 Å². The Kier molecular flexibility index (Phi) is 4.47. The van der Waals surface area contributed by atoms with Crippen molar-refractivity contribution in [1.29, 1.82) is 0 Å². The molecule has 1 aliphatic carbocycles. The lowest BCUT2D eigenvalue weighted by Crippen LogP contribution is -2.30. The molecule has 0 spiro atoms. The second-order valence-corrected chi connectivity index (χ2v) is 6.02. The number of carbonyl (C=O) groups is 1. The van der Waals surface area contributed by atoms with E-state index in [4.69, 9.17) is 10.5 Å². The fourth-order valence-electron chi connectivity index (χ4n) is 2.05. The Morgan fingerprint density at radius 1 is 1.53 bits per heavy atom. The van der Waals surface area contributed by atoms with Crippen molar-refractivity contribution in [1.82, 2.24) is 5.32 Å². The Morgan fingerprint density at radius 3 is 2.84 bits per heavy atom. The average molecular weight is 327 g/mol. The molecule has 5 heteroatoms. The summed E-state index contributed by atoms with van der Waals surface area (Å²) in [5, 5.41) is 3.00. The highest BCUT2D eigenvalue weighted by molar-refractivity contribution is 9.10. The van der Waals surface area contributed by atoms with Crippen LogP contribution in [0.2, 0.25) is 0 Å². The Balaban J connectivity index is 1.89. The number of nitrogens with two attached hydrogens (primary N) is 1. The molecule has 0 aliphatic heterocycles. The van der Waals surface area contributed by atoms with E-state index in [1.807, 2.05) is 0 Å². The third kappa shape index (κ3) is 3.70. The maximum absolute atomic E-state index is 12.1. The van der Waals surface area contributed by atoms with Gasteiger partial charge in [-0.1, -0.05) is 0 Å². The number of benzene rings is 1. The number of hydrogen-bond acceptors (Lipinski definition) is 3. The van der Waals surface area contributed by atoms with Crippen molar-refractivity contribution in [2.45, 2.75) is 19.3 Å². The van der Waals surface area contributed by atoms with Gasteiger partial charge < -0.3 is 15.8 Å². The summed E-state index contributed by atoms with van der Waals surface area (Å²) < 4.78 is 5.86. The molecule has 0 bridgehead atoms. The maximum atomic E-state index is 12.1. The molecule has 19 heavy (non-hydrogen) atoms. The number of rotatable bonds is 6. The molecule has 1 aromatic rings. The van der Waals surface area contributed by atoms with Crippen LogP contribution in [-0.2, 0) is 4.74 Å². The number of hydrogen-bond donors (Lipinski definition) is 2. The molecule has 0 heterocycles. The first-order chi connectivity index (χ1) is 9.06. The zero-order chi connectivity index (χ0) is 13.9. The Morgan fingerprint density at radius 2 is 2.26 bits per heavy atom. The lowest BCUT2D eigenvalue weighted by molar-refractivity contribution is 0.0938. The van der Waals surface area contributed by atoms with Gasteiger partial charge in [0.25, 0.3) is 5.91 Å². The lowest BCUT2D eigenvalue weighted by Gasteiger charge is -2.15. The molecule has 0 aromatic heterocycles. The molecule has 1 aromatic carbocycles. The van der Waals surface area contributed by atoms with Gasteiger partial charge in [-0.05, 0) is 58.8 Å². The van der Waals surface area contributed by atoms with E-state index < -0.39 is 0 Å². The number of methoxy groups -OCH3 is 1. The second kappa shape index (κ2) is 5.92. The minimum atomic E-state index is -0.0515. The normalized spacial score (nSPS) is 16.1. The van der Waals surface area contributed by atoms with Gasteiger partial charge in [0.2, 0.25) is 0 Å².